The first-order valence-corrected chi connectivity index (χ1v) is 5.80. The van der Waals surface area contributed by atoms with Gasteiger partial charge in [-0.05, 0) is 25.7 Å². The van der Waals surface area contributed by atoms with Gasteiger partial charge >= 0.3 is 6.03 Å². The van der Waals surface area contributed by atoms with Crippen LogP contribution in [-0.2, 0) is 9.59 Å². The third kappa shape index (κ3) is 2.43. The maximum atomic E-state index is 12.0. The van der Waals surface area contributed by atoms with Gasteiger partial charge in [-0.3, -0.25) is 20.2 Å². The number of amides is 4. The lowest BCUT2D eigenvalue weighted by Gasteiger charge is -2.38. The molecule has 0 radical (unpaired) electrons. The van der Waals surface area contributed by atoms with Crippen LogP contribution in [0.4, 0.5) is 4.79 Å². The maximum absolute atomic E-state index is 12.0. The highest BCUT2D eigenvalue weighted by molar-refractivity contribution is 6.19. The van der Waals surface area contributed by atoms with Crippen LogP contribution in [0.25, 0.3) is 0 Å². The zero-order valence-electron chi connectivity index (χ0n) is 10.5. The predicted octanol–water partition coefficient (Wildman–Crippen LogP) is 0.322. The van der Waals surface area contributed by atoms with E-state index in [1.807, 2.05) is 0 Å². The minimum Gasteiger partial charge on any atom is -0.393 e. The lowest BCUT2D eigenvalue weighted by molar-refractivity contribution is -0.148. The molecule has 6 nitrogen and oxygen atoms in total. The number of hydrogen-bond donors (Lipinski definition) is 3. The number of hydrogen-bond acceptors (Lipinski definition) is 4. The molecule has 0 spiro atoms. The second-order valence-electron chi connectivity index (χ2n) is 4.69. The average Bonchev–Trinajstić information content (AvgIpc) is 2.22. The maximum Gasteiger partial charge on any atom is 0.328 e. The number of aliphatic hydroxyl groups is 1. The predicted molar refractivity (Wildman–Crippen MR) is 64.4 cm³/mol. The largest absolute Gasteiger partial charge is 0.393 e. The Morgan fingerprint density at radius 1 is 1.28 bits per heavy atom. The topological polar surface area (TPSA) is 95.5 Å². The lowest BCUT2D eigenvalue weighted by Crippen LogP contribution is -2.64. The smallest absolute Gasteiger partial charge is 0.328 e. The number of barbiturate groups is 1. The van der Waals surface area contributed by atoms with Crippen molar-refractivity contribution in [3.63, 3.8) is 0 Å². The summed E-state index contributed by atoms with van der Waals surface area (Å²) >= 11 is 0. The molecule has 100 valence electrons. The van der Waals surface area contributed by atoms with Gasteiger partial charge in [0.1, 0.15) is 5.41 Å². The monoisotopic (exact) mass is 254 g/mol. The van der Waals surface area contributed by atoms with E-state index in [4.69, 9.17) is 0 Å². The number of carbonyl (C=O) groups excluding carboxylic acids is 3. The van der Waals surface area contributed by atoms with Crippen molar-refractivity contribution in [3.8, 4) is 0 Å². The Labute approximate surface area is 105 Å². The SMILES string of the molecule is C=CCC1(C(C)CC(C)O)C(=O)NC(=O)NC1=O. The molecular weight excluding hydrogens is 236 g/mol. The number of urea groups is 1. The van der Waals surface area contributed by atoms with E-state index < -0.39 is 35.3 Å². The van der Waals surface area contributed by atoms with Gasteiger partial charge < -0.3 is 5.11 Å². The van der Waals surface area contributed by atoms with Crippen molar-refractivity contribution >= 4 is 17.8 Å². The standard InChI is InChI=1S/C12H18N2O4/c1-4-5-12(7(2)6-8(3)15)9(16)13-11(18)14-10(12)17/h4,7-8,15H,1,5-6H2,2-3H3,(H2,13,14,16,17,18). The molecule has 0 aromatic carbocycles. The minimum absolute atomic E-state index is 0.117. The molecule has 1 aliphatic heterocycles. The fourth-order valence-corrected chi connectivity index (χ4v) is 2.34. The zero-order chi connectivity index (χ0) is 13.9. The van der Waals surface area contributed by atoms with Gasteiger partial charge in [-0.15, -0.1) is 6.58 Å². The number of aliphatic hydroxyl groups excluding tert-OH is 1. The van der Waals surface area contributed by atoms with Gasteiger partial charge in [-0.2, -0.15) is 0 Å². The molecule has 0 aromatic rings. The molecule has 1 rings (SSSR count). The highest BCUT2D eigenvalue weighted by Gasteiger charge is 2.53. The van der Waals surface area contributed by atoms with Gasteiger partial charge in [0.05, 0.1) is 6.10 Å². The van der Waals surface area contributed by atoms with Crippen LogP contribution in [0.5, 0.6) is 0 Å². The first-order valence-electron chi connectivity index (χ1n) is 5.80. The summed E-state index contributed by atoms with van der Waals surface area (Å²) in [5, 5.41) is 13.6. The van der Waals surface area contributed by atoms with Crippen LogP contribution in [0.3, 0.4) is 0 Å². The summed E-state index contributed by atoms with van der Waals surface area (Å²) in [5.74, 6) is -1.68. The molecule has 1 saturated heterocycles. The first kappa shape index (κ1) is 14.4. The van der Waals surface area contributed by atoms with E-state index in [1.165, 1.54) is 6.08 Å². The van der Waals surface area contributed by atoms with Crippen LogP contribution in [0, 0.1) is 11.3 Å². The van der Waals surface area contributed by atoms with Gasteiger partial charge in [0.25, 0.3) is 0 Å². The van der Waals surface area contributed by atoms with Crippen LogP contribution in [0.2, 0.25) is 0 Å². The summed E-state index contributed by atoms with van der Waals surface area (Å²) in [6.07, 6.45) is 1.22. The summed E-state index contributed by atoms with van der Waals surface area (Å²) in [6.45, 7) is 6.83. The molecule has 1 heterocycles. The van der Waals surface area contributed by atoms with Crippen molar-refractivity contribution in [2.45, 2.75) is 32.8 Å². The molecule has 0 saturated carbocycles. The summed E-state index contributed by atoms with van der Waals surface area (Å²) in [7, 11) is 0. The van der Waals surface area contributed by atoms with E-state index in [-0.39, 0.29) is 12.8 Å². The van der Waals surface area contributed by atoms with Crippen molar-refractivity contribution < 1.29 is 19.5 Å². The molecule has 1 aliphatic rings. The van der Waals surface area contributed by atoms with Gasteiger partial charge in [0.15, 0.2) is 0 Å². The second-order valence-corrected chi connectivity index (χ2v) is 4.69. The number of rotatable bonds is 5. The van der Waals surface area contributed by atoms with Crippen molar-refractivity contribution in [1.82, 2.24) is 10.6 Å². The number of nitrogens with one attached hydrogen (secondary N) is 2. The van der Waals surface area contributed by atoms with Crippen LogP contribution in [-0.4, -0.2) is 29.1 Å². The average molecular weight is 254 g/mol. The number of carbonyl (C=O) groups is 3. The van der Waals surface area contributed by atoms with E-state index in [1.54, 1.807) is 13.8 Å². The molecule has 2 unspecified atom stereocenters. The van der Waals surface area contributed by atoms with Crippen molar-refractivity contribution in [3.05, 3.63) is 12.7 Å². The van der Waals surface area contributed by atoms with Crippen LogP contribution >= 0.6 is 0 Å². The summed E-state index contributed by atoms with van der Waals surface area (Å²) in [6, 6.07) is -0.811. The Balaban J connectivity index is 3.11. The van der Waals surface area contributed by atoms with Crippen LogP contribution in [0.1, 0.15) is 26.7 Å². The van der Waals surface area contributed by atoms with Gasteiger partial charge in [-0.25, -0.2) is 4.79 Å². The van der Waals surface area contributed by atoms with Gasteiger partial charge in [-0.1, -0.05) is 13.0 Å². The van der Waals surface area contributed by atoms with E-state index in [0.29, 0.717) is 0 Å². The van der Waals surface area contributed by atoms with Crippen molar-refractivity contribution in [2.75, 3.05) is 0 Å². The Hall–Kier alpha value is -1.69. The molecule has 4 amide bonds. The van der Waals surface area contributed by atoms with E-state index in [2.05, 4.69) is 17.2 Å². The fraction of sp³-hybridized carbons (Fsp3) is 0.583. The Kier molecular flexibility index (Phi) is 4.24. The number of imide groups is 2. The molecule has 1 fully saturated rings. The van der Waals surface area contributed by atoms with E-state index in [9.17, 15) is 19.5 Å². The second kappa shape index (κ2) is 5.30. The van der Waals surface area contributed by atoms with E-state index >= 15 is 0 Å². The van der Waals surface area contributed by atoms with Crippen molar-refractivity contribution in [2.24, 2.45) is 11.3 Å². The van der Waals surface area contributed by atoms with Gasteiger partial charge in [0, 0.05) is 0 Å². The first-order chi connectivity index (χ1) is 8.34. The van der Waals surface area contributed by atoms with Gasteiger partial charge in [0.2, 0.25) is 11.8 Å². The third-order valence-corrected chi connectivity index (χ3v) is 3.27. The normalized spacial score (nSPS) is 21.8. The summed E-state index contributed by atoms with van der Waals surface area (Å²) < 4.78 is 0. The molecule has 0 aliphatic carbocycles. The Morgan fingerprint density at radius 3 is 2.17 bits per heavy atom. The highest BCUT2D eigenvalue weighted by Crippen LogP contribution is 2.37. The molecule has 18 heavy (non-hydrogen) atoms. The molecule has 0 bridgehead atoms. The molecular formula is C12H18N2O4. The molecule has 3 N–H and O–H groups in total. The minimum atomic E-state index is -1.38. The number of allylic oxidation sites excluding steroid dienone is 1. The summed E-state index contributed by atoms with van der Waals surface area (Å²) in [4.78, 5) is 35.1. The summed E-state index contributed by atoms with van der Waals surface area (Å²) in [5.41, 5.74) is -1.38. The zero-order valence-corrected chi connectivity index (χ0v) is 10.5. The molecule has 6 heteroatoms. The Morgan fingerprint density at radius 2 is 1.78 bits per heavy atom. The van der Waals surface area contributed by atoms with Crippen LogP contribution in [0.15, 0.2) is 12.7 Å². The van der Waals surface area contributed by atoms with Crippen molar-refractivity contribution in [1.29, 1.82) is 0 Å². The highest BCUT2D eigenvalue weighted by atomic mass is 16.3. The quantitative estimate of drug-likeness (QED) is 0.486. The Bertz CT molecular complexity index is 370. The van der Waals surface area contributed by atoms with E-state index in [0.717, 1.165) is 0 Å². The lowest BCUT2D eigenvalue weighted by atomic mass is 9.69. The molecule has 0 aromatic heterocycles. The van der Waals surface area contributed by atoms with Crippen LogP contribution < -0.4 is 10.6 Å². The molecule has 2 atom stereocenters. The fourth-order valence-electron chi connectivity index (χ4n) is 2.34. The third-order valence-electron chi connectivity index (χ3n) is 3.27.